The number of hydrogen-bond donors (Lipinski definition) is 1. The van der Waals surface area contributed by atoms with Gasteiger partial charge in [-0.25, -0.2) is 9.67 Å². The van der Waals surface area contributed by atoms with E-state index in [4.69, 9.17) is 5.73 Å². The van der Waals surface area contributed by atoms with Gasteiger partial charge in [0.2, 0.25) is 0 Å². The lowest BCUT2D eigenvalue weighted by molar-refractivity contribution is 0.896. The third-order valence-electron chi connectivity index (χ3n) is 2.71. The van der Waals surface area contributed by atoms with Crippen LogP contribution < -0.4 is 5.73 Å². The van der Waals surface area contributed by atoms with Crippen LogP contribution in [0, 0.1) is 6.92 Å². The number of nitrogens with zero attached hydrogens (tertiary/aromatic N) is 3. The lowest BCUT2D eigenvalue weighted by atomic mass is 10.2. The molecule has 1 aromatic carbocycles. The van der Waals surface area contributed by atoms with Crippen molar-refractivity contribution in [2.45, 2.75) is 6.92 Å². The van der Waals surface area contributed by atoms with Crippen LogP contribution in [0.3, 0.4) is 0 Å². The topological polar surface area (TPSA) is 56.7 Å². The molecule has 0 unspecified atom stereocenters. The molecule has 0 amide bonds. The Labute approximate surface area is 98.7 Å². The van der Waals surface area contributed by atoms with E-state index in [-0.39, 0.29) is 0 Å². The fourth-order valence-corrected chi connectivity index (χ4v) is 1.81. The number of anilines is 1. The average Bonchev–Trinajstić information content (AvgIpc) is 2.73. The third kappa shape index (κ3) is 1.63. The van der Waals surface area contributed by atoms with Crippen LogP contribution in [0.2, 0.25) is 0 Å². The second kappa shape index (κ2) is 3.59. The van der Waals surface area contributed by atoms with E-state index in [0.29, 0.717) is 5.69 Å². The Hall–Kier alpha value is -2.36. The molecule has 0 radical (unpaired) electrons. The van der Waals surface area contributed by atoms with E-state index < -0.39 is 0 Å². The van der Waals surface area contributed by atoms with E-state index >= 15 is 0 Å². The Morgan fingerprint density at radius 3 is 2.65 bits per heavy atom. The second-order valence-corrected chi connectivity index (χ2v) is 4.07. The number of aromatic nitrogens is 3. The number of nitrogens with two attached hydrogens (primary N) is 1. The molecular weight excluding hydrogens is 212 g/mol. The molecule has 3 aromatic rings. The van der Waals surface area contributed by atoms with Gasteiger partial charge in [-0.1, -0.05) is 17.7 Å². The highest BCUT2D eigenvalue weighted by Gasteiger charge is 2.05. The van der Waals surface area contributed by atoms with Crippen molar-refractivity contribution < 1.29 is 0 Å². The Bertz CT molecular complexity index is 667. The molecule has 0 spiro atoms. The fourth-order valence-electron chi connectivity index (χ4n) is 1.81. The van der Waals surface area contributed by atoms with Gasteiger partial charge in [0.25, 0.3) is 0 Å². The van der Waals surface area contributed by atoms with Gasteiger partial charge in [-0.05, 0) is 25.1 Å². The van der Waals surface area contributed by atoms with E-state index in [1.807, 2.05) is 22.9 Å². The number of pyridine rings is 1. The summed E-state index contributed by atoms with van der Waals surface area (Å²) in [6, 6.07) is 10.0. The first-order valence-corrected chi connectivity index (χ1v) is 5.40. The number of benzene rings is 1. The summed E-state index contributed by atoms with van der Waals surface area (Å²) >= 11 is 0. The van der Waals surface area contributed by atoms with Crippen molar-refractivity contribution in [2.24, 2.45) is 0 Å². The molecule has 0 aliphatic carbocycles. The van der Waals surface area contributed by atoms with Crippen LogP contribution in [0.15, 0.2) is 42.7 Å². The van der Waals surface area contributed by atoms with Gasteiger partial charge in [-0.15, -0.1) is 0 Å². The SMILES string of the molecule is Cc1ccc(-n2ncc3cc(N)cnc32)cc1. The highest BCUT2D eigenvalue weighted by atomic mass is 15.3. The standard InChI is InChI=1S/C13H12N4/c1-9-2-4-12(5-3-9)17-13-10(7-16-17)6-11(14)8-15-13/h2-8H,14H2,1H3. The summed E-state index contributed by atoms with van der Waals surface area (Å²) in [6.07, 6.45) is 3.42. The van der Waals surface area contributed by atoms with Crippen molar-refractivity contribution in [3.63, 3.8) is 0 Å². The lowest BCUT2D eigenvalue weighted by Gasteiger charge is -2.03. The van der Waals surface area contributed by atoms with Gasteiger partial charge in [0.05, 0.1) is 23.8 Å². The summed E-state index contributed by atoms with van der Waals surface area (Å²) in [5.41, 5.74) is 9.40. The molecule has 0 fully saturated rings. The average molecular weight is 224 g/mol. The third-order valence-corrected chi connectivity index (χ3v) is 2.71. The molecule has 0 aliphatic rings. The van der Waals surface area contributed by atoms with Crippen molar-refractivity contribution in [1.29, 1.82) is 0 Å². The quantitative estimate of drug-likeness (QED) is 0.690. The Balaban J connectivity index is 2.21. The van der Waals surface area contributed by atoms with Crippen LogP contribution in [0.25, 0.3) is 16.7 Å². The molecule has 4 nitrogen and oxygen atoms in total. The van der Waals surface area contributed by atoms with E-state index in [1.165, 1.54) is 5.56 Å². The predicted molar refractivity (Wildman–Crippen MR) is 68.0 cm³/mol. The van der Waals surface area contributed by atoms with Crippen molar-refractivity contribution >= 4 is 16.7 Å². The zero-order valence-electron chi connectivity index (χ0n) is 9.46. The summed E-state index contributed by atoms with van der Waals surface area (Å²) in [5.74, 6) is 0. The summed E-state index contributed by atoms with van der Waals surface area (Å²) in [4.78, 5) is 4.31. The second-order valence-electron chi connectivity index (χ2n) is 4.07. The molecule has 84 valence electrons. The first kappa shape index (κ1) is 9.84. The number of nitrogen functional groups attached to an aromatic ring is 1. The van der Waals surface area contributed by atoms with Crippen LogP contribution in [0.5, 0.6) is 0 Å². The smallest absolute Gasteiger partial charge is 0.163 e. The lowest BCUT2D eigenvalue weighted by Crippen LogP contribution is -1.97. The molecule has 2 aromatic heterocycles. The fraction of sp³-hybridized carbons (Fsp3) is 0.0769. The first-order chi connectivity index (χ1) is 8.24. The van der Waals surface area contributed by atoms with E-state index in [9.17, 15) is 0 Å². The van der Waals surface area contributed by atoms with E-state index in [1.54, 1.807) is 12.4 Å². The molecule has 2 heterocycles. The molecule has 0 atom stereocenters. The maximum atomic E-state index is 5.69. The maximum absolute atomic E-state index is 5.69. The van der Waals surface area contributed by atoms with Gasteiger partial charge in [0.15, 0.2) is 5.65 Å². The van der Waals surface area contributed by atoms with E-state index in [0.717, 1.165) is 16.7 Å². The van der Waals surface area contributed by atoms with Crippen molar-refractivity contribution in [3.05, 3.63) is 48.3 Å². The van der Waals surface area contributed by atoms with Gasteiger partial charge < -0.3 is 5.73 Å². The minimum atomic E-state index is 0.654. The largest absolute Gasteiger partial charge is 0.397 e. The molecule has 0 saturated heterocycles. The molecule has 4 heteroatoms. The minimum Gasteiger partial charge on any atom is -0.397 e. The van der Waals surface area contributed by atoms with Gasteiger partial charge in [-0.3, -0.25) is 0 Å². The first-order valence-electron chi connectivity index (χ1n) is 5.40. The molecule has 3 rings (SSSR count). The molecule has 17 heavy (non-hydrogen) atoms. The van der Waals surface area contributed by atoms with Crippen LogP contribution in [-0.2, 0) is 0 Å². The summed E-state index contributed by atoms with van der Waals surface area (Å²) in [6.45, 7) is 2.06. The zero-order chi connectivity index (χ0) is 11.8. The van der Waals surface area contributed by atoms with Gasteiger partial charge >= 0.3 is 0 Å². The summed E-state index contributed by atoms with van der Waals surface area (Å²) < 4.78 is 1.81. The number of fused-ring (bicyclic) bond motifs is 1. The van der Waals surface area contributed by atoms with Crippen LogP contribution in [-0.4, -0.2) is 14.8 Å². The Kier molecular flexibility index (Phi) is 2.08. The number of aryl methyl sites for hydroxylation is 1. The van der Waals surface area contributed by atoms with Crippen molar-refractivity contribution in [3.8, 4) is 5.69 Å². The van der Waals surface area contributed by atoms with E-state index in [2.05, 4.69) is 29.1 Å². The van der Waals surface area contributed by atoms with Crippen LogP contribution in [0.4, 0.5) is 5.69 Å². The van der Waals surface area contributed by atoms with Crippen molar-refractivity contribution in [1.82, 2.24) is 14.8 Å². The molecule has 0 bridgehead atoms. The molecule has 0 aliphatic heterocycles. The van der Waals surface area contributed by atoms with Gasteiger partial charge in [0, 0.05) is 5.39 Å². The van der Waals surface area contributed by atoms with Crippen LogP contribution >= 0.6 is 0 Å². The number of rotatable bonds is 1. The maximum Gasteiger partial charge on any atom is 0.163 e. The van der Waals surface area contributed by atoms with Crippen LogP contribution in [0.1, 0.15) is 5.56 Å². The highest BCUT2D eigenvalue weighted by Crippen LogP contribution is 2.18. The van der Waals surface area contributed by atoms with Gasteiger partial charge in [0.1, 0.15) is 0 Å². The summed E-state index contributed by atoms with van der Waals surface area (Å²) in [5, 5.41) is 5.28. The van der Waals surface area contributed by atoms with Gasteiger partial charge in [-0.2, -0.15) is 5.10 Å². The number of hydrogen-bond acceptors (Lipinski definition) is 3. The zero-order valence-corrected chi connectivity index (χ0v) is 9.46. The highest BCUT2D eigenvalue weighted by molar-refractivity contribution is 5.79. The van der Waals surface area contributed by atoms with Crippen molar-refractivity contribution in [2.75, 3.05) is 5.73 Å². The predicted octanol–water partition coefficient (Wildman–Crippen LogP) is 2.31. The monoisotopic (exact) mass is 224 g/mol. The normalized spacial score (nSPS) is 10.9. The molecule has 2 N–H and O–H groups in total. The minimum absolute atomic E-state index is 0.654. The summed E-state index contributed by atoms with van der Waals surface area (Å²) in [7, 11) is 0. The Morgan fingerprint density at radius 1 is 1.12 bits per heavy atom. The Morgan fingerprint density at radius 2 is 1.88 bits per heavy atom. The molecular formula is C13H12N4. The molecule has 0 saturated carbocycles.